The lowest BCUT2D eigenvalue weighted by Gasteiger charge is -2.12. The third-order valence-corrected chi connectivity index (χ3v) is 3.23. The predicted molar refractivity (Wildman–Crippen MR) is 82.4 cm³/mol. The molecule has 2 rings (SSSR count). The summed E-state index contributed by atoms with van der Waals surface area (Å²) in [4.78, 5) is 19.5. The average molecular weight is 286 g/mol. The largest absolute Gasteiger partial charge is 0.370 e. The standard InChI is InChI=1S/C15H18N4O2/c1-4-13-10(3)17-14(18-15(13)16-5-2)11-7-6-8-12(9-11)19(20)21/h6-9H,4-5H2,1-3H3,(H,16,17,18). The van der Waals surface area contributed by atoms with Crippen LogP contribution in [0.15, 0.2) is 24.3 Å². The van der Waals surface area contributed by atoms with Crippen molar-refractivity contribution in [3.05, 3.63) is 45.6 Å². The van der Waals surface area contributed by atoms with Crippen LogP contribution in [0.2, 0.25) is 0 Å². The van der Waals surface area contributed by atoms with Crippen LogP contribution in [-0.4, -0.2) is 21.4 Å². The fraction of sp³-hybridized carbons (Fsp3) is 0.333. The number of nitro groups is 1. The SMILES string of the molecule is CCNc1nc(-c2cccc([N+](=O)[O-])c2)nc(C)c1CC. The van der Waals surface area contributed by atoms with E-state index in [0.717, 1.165) is 30.0 Å². The van der Waals surface area contributed by atoms with Crippen LogP contribution in [0.3, 0.4) is 0 Å². The van der Waals surface area contributed by atoms with E-state index < -0.39 is 4.92 Å². The molecule has 0 aliphatic heterocycles. The summed E-state index contributed by atoms with van der Waals surface area (Å²) in [5.74, 6) is 1.30. The monoisotopic (exact) mass is 286 g/mol. The van der Waals surface area contributed by atoms with Crippen LogP contribution in [0.1, 0.15) is 25.1 Å². The number of nitro benzene ring substituents is 1. The second-order valence-electron chi connectivity index (χ2n) is 4.65. The zero-order valence-electron chi connectivity index (χ0n) is 12.4. The van der Waals surface area contributed by atoms with E-state index in [0.29, 0.717) is 11.4 Å². The Balaban J connectivity index is 2.53. The lowest BCUT2D eigenvalue weighted by atomic mass is 10.1. The van der Waals surface area contributed by atoms with Crippen LogP contribution in [0.25, 0.3) is 11.4 Å². The van der Waals surface area contributed by atoms with Gasteiger partial charge < -0.3 is 5.32 Å². The molecule has 0 aliphatic rings. The summed E-state index contributed by atoms with van der Waals surface area (Å²) < 4.78 is 0. The number of hydrogen-bond donors (Lipinski definition) is 1. The fourth-order valence-electron chi connectivity index (χ4n) is 2.22. The molecule has 0 fully saturated rings. The molecule has 0 atom stereocenters. The molecule has 0 spiro atoms. The topological polar surface area (TPSA) is 81.0 Å². The van der Waals surface area contributed by atoms with Gasteiger partial charge in [0.15, 0.2) is 5.82 Å². The minimum absolute atomic E-state index is 0.0401. The van der Waals surface area contributed by atoms with Gasteiger partial charge in [0, 0.05) is 35.5 Å². The highest BCUT2D eigenvalue weighted by Crippen LogP contribution is 2.25. The highest BCUT2D eigenvalue weighted by Gasteiger charge is 2.13. The Labute approximate surface area is 123 Å². The van der Waals surface area contributed by atoms with Gasteiger partial charge in [-0.3, -0.25) is 10.1 Å². The lowest BCUT2D eigenvalue weighted by Crippen LogP contribution is -2.08. The summed E-state index contributed by atoms with van der Waals surface area (Å²) in [5, 5.41) is 14.1. The van der Waals surface area contributed by atoms with Gasteiger partial charge in [-0.25, -0.2) is 9.97 Å². The van der Waals surface area contributed by atoms with Gasteiger partial charge in [0.2, 0.25) is 0 Å². The Morgan fingerprint density at radius 2 is 2.05 bits per heavy atom. The molecule has 6 nitrogen and oxygen atoms in total. The van der Waals surface area contributed by atoms with Crippen LogP contribution in [-0.2, 0) is 6.42 Å². The van der Waals surface area contributed by atoms with Crippen LogP contribution in [0.4, 0.5) is 11.5 Å². The highest BCUT2D eigenvalue weighted by molar-refractivity contribution is 5.62. The molecular weight excluding hydrogens is 268 g/mol. The van der Waals surface area contributed by atoms with Crippen molar-refractivity contribution in [1.82, 2.24) is 9.97 Å². The minimum atomic E-state index is -0.415. The van der Waals surface area contributed by atoms with Crippen LogP contribution < -0.4 is 5.32 Å². The van der Waals surface area contributed by atoms with Crippen molar-refractivity contribution >= 4 is 11.5 Å². The summed E-state index contributed by atoms with van der Waals surface area (Å²) in [6.07, 6.45) is 0.837. The number of rotatable bonds is 5. The van der Waals surface area contributed by atoms with E-state index in [2.05, 4.69) is 22.2 Å². The Kier molecular flexibility index (Phi) is 4.47. The normalized spacial score (nSPS) is 10.4. The first-order chi connectivity index (χ1) is 10.1. The first-order valence-electron chi connectivity index (χ1n) is 6.93. The Morgan fingerprint density at radius 3 is 2.67 bits per heavy atom. The predicted octanol–water partition coefficient (Wildman–Crippen LogP) is 3.35. The number of aryl methyl sites for hydroxylation is 1. The first kappa shape index (κ1) is 14.9. The number of nitrogens with one attached hydrogen (secondary N) is 1. The van der Waals surface area contributed by atoms with Gasteiger partial charge in [0.1, 0.15) is 5.82 Å². The van der Waals surface area contributed by atoms with Gasteiger partial charge >= 0.3 is 0 Å². The van der Waals surface area contributed by atoms with Crippen molar-refractivity contribution < 1.29 is 4.92 Å². The van der Waals surface area contributed by atoms with E-state index in [1.54, 1.807) is 12.1 Å². The lowest BCUT2D eigenvalue weighted by molar-refractivity contribution is -0.384. The molecule has 6 heteroatoms. The number of benzene rings is 1. The van der Waals surface area contributed by atoms with E-state index in [4.69, 9.17) is 0 Å². The minimum Gasteiger partial charge on any atom is -0.370 e. The highest BCUT2D eigenvalue weighted by atomic mass is 16.6. The molecule has 1 heterocycles. The van der Waals surface area contributed by atoms with Crippen molar-refractivity contribution in [2.75, 3.05) is 11.9 Å². The number of non-ortho nitro benzene ring substituents is 1. The molecule has 0 saturated carbocycles. The molecule has 0 saturated heterocycles. The van der Waals surface area contributed by atoms with Gasteiger partial charge in [-0.15, -0.1) is 0 Å². The summed E-state index contributed by atoms with van der Waals surface area (Å²) in [5.41, 5.74) is 2.66. The molecular formula is C15H18N4O2. The number of hydrogen-bond acceptors (Lipinski definition) is 5. The second kappa shape index (κ2) is 6.30. The maximum atomic E-state index is 10.9. The average Bonchev–Trinajstić information content (AvgIpc) is 2.47. The van der Waals surface area contributed by atoms with Crippen LogP contribution in [0, 0.1) is 17.0 Å². The van der Waals surface area contributed by atoms with Gasteiger partial charge in [-0.05, 0) is 20.3 Å². The maximum absolute atomic E-state index is 10.9. The summed E-state index contributed by atoms with van der Waals surface area (Å²) in [6.45, 7) is 6.75. The number of anilines is 1. The third-order valence-electron chi connectivity index (χ3n) is 3.23. The number of nitrogens with zero attached hydrogens (tertiary/aromatic N) is 3. The second-order valence-corrected chi connectivity index (χ2v) is 4.65. The molecule has 0 aliphatic carbocycles. The maximum Gasteiger partial charge on any atom is 0.270 e. The van der Waals surface area contributed by atoms with E-state index in [1.165, 1.54) is 12.1 Å². The van der Waals surface area contributed by atoms with E-state index >= 15 is 0 Å². The quantitative estimate of drug-likeness (QED) is 0.673. The van der Waals surface area contributed by atoms with E-state index in [-0.39, 0.29) is 5.69 Å². The molecule has 1 N–H and O–H groups in total. The smallest absolute Gasteiger partial charge is 0.270 e. The van der Waals surface area contributed by atoms with Crippen molar-refractivity contribution in [1.29, 1.82) is 0 Å². The van der Waals surface area contributed by atoms with Gasteiger partial charge in [-0.2, -0.15) is 0 Å². The summed E-state index contributed by atoms with van der Waals surface area (Å²) in [6, 6.07) is 6.38. The Bertz CT molecular complexity index is 671. The fourth-order valence-corrected chi connectivity index (χ4v) is 2.22. The molecule has 0 radical (unpaired) electrons. The van der Waals surface area contributed by atoms with Crippen molar-refractivity contribution in [3.8, 4) is 11.4 Å². The Hall–Kier alpha value is -2.50. The molecule has 1 aromatic heterocycles. The van der Waals surface area contributed by atoms with Crippen molar-refractivity contribution in [2.24, 2.45) is 0 Å². The molecule has 0 unspecified atom stereocenters. The van der Waals surface area contributed by atoms with Crippen molar-refractivity contribution in [2.45, 2.75) is 27.2 Å². The zero-order chi connectivity index (χ0) is 15.4. The van der Waals surface area contributed by atoms with Gasteiger partial charge in [0.05, 0.1) is 4.92 Å². The molecule has 0 bridgehead atoms. The van der Waals surface area contributed by atoms with Crippen LogP contribution >= 0.6 is 0 Å². The number of aromatic nitrogens is 2. The van der Waals surface area contributed by atoms with Crippen molar-refractivity contribution in [3.63, 3.8) is 0 Å². The molecule has 0 amide bonds. The van der Waals surface area contributed by atoms with Gasteiger partial charge in [0.25, 0.3) is 5.69 Å². The Morgan fingerprint density at radius 1 is 1.29 bits per heavy atom. The molecule has 21 heavy (non-hydrogen) atoms. The van der Waals surface area contributed by atoms with Crippen LogP contribution in [0.5, 0.6) is 0 Å². The summed E-state index contributed by atoms with van der Waals surface area (Å²) >= 11 is 0. The molecule has 2 aromatic rings. The van der Waals surface area contributed by atoms with Gasteiger partial charge in [-0.1, -0.05) is 19.1 Å². The van der Waals surface area contributed by atoms with E-state index in [9.17, 15) is 10.1 Å². The molecule has 1 aromatic carbocycles. The molecule has 110 valence electrons. The summed E-state index contributed by atoms with van der Waals surface area (Å²) in [7, 11) is 0. The van der Waals surface area contributed by atoms with E-state index in [1.807, 2.05) is 13.8 Å². The third kappa shape index (κ3) is 3.16. The first-order valence-corrected chi connectivity index (χ1v) is 6.93. The zero-order valence-corrected chi connectivity index (χ0v) is 12.4.